The van der Waals surface area contributed by atoms with E-state index in [2.05, 4.69) is 26.3 Å². The van der Waals surface area contributed by atoms with E-state index in [-0.39, 0.29) is 0 Å². The standard InChI is InChI=1S/C8H14OSi/c1-5-7-8-9-10(3,4)6-2/h5-8H,1-2H2,3-4H3/b8-7+. The maximum atomic E-state index is 5.39. The normalized spacial score (nSPS) is 11.4. The monoisotopic (exact) mass is 154 g/mol. The molecule has 1 nitrogen and oxygen atoms in total. The van der Waals surface area contributed by atoms with Crippen molar-refractivity contribution >= 4 is 8.32 Å². The van der Waals surface area contributed by atoms with Gasteiger partial charge < -0.3 is 4.43 Å². The molecule has 0 radical (unpaired) electrons. The molecule has 0 heterocycles. The van der Waals surface area contributed by atoms with E-state index in [1.807, 2.05) is 5.70 Å². The van der Waals surface area contributed by atoms with Crippen LogP contribution in [0.3, 0.4) is 0 Å². The highest BCUT2D eigenvalue weighted by atomic mass is 28.4. The Morgan fingerprint density at radius 1 is 1.30 bits per heavy atom. The first-order valence-electron chi connectivity index (χ1n) is 3.21. The van der Waals surface area contributed by atoms with Crippen LogP contribution in [-0.4, -0.2) is 8.32 Å². The van der Waals surface area contributed by atoms with Gasteiger partial charge in [0.25, 0.3) is 8.32 Å². The molecule has 0 aromatic rings. The molecule has 0 fully saturated rings. The van der Waals surface area contributed by atoms with Crippen LogP contribution in [0.15, 0.2) is 37.3 Å². The molecule has 10 heavy (non-hydrogen) atoms. The van der Waals surface area contributed by atoms with Crippen molar-refractivity contribution < 1.29 is 4.43 Å². The van der Waals surface area contributed by atoms with E-state index in [1.54, 1.807) is 18.4 Å². The minimum Gasteiger partial charge on any atom is -0.546 e. The lowest BCUT2D eigenvalue weighted by molar-refractivity contribution is 0.485. The van der Waals surface area contributed by atoms with Gasteiger partial charge in [0.2, 0.25) is 0 Å². The average molecular weight is 154 g/mol. The molecule has 0 aromatic carbocycles. The maximum absolute atomic E-state index is 5.39. The Morgan fingerprint density at radius 3 is 2.30 bits per heavy atom. The van der Waals surface area contributed by atoms with E-state index in [4.69, 9.17) is 4.43 Å². The van der Waals surface area contributed by atoms with Crippen LogP contribution in [0.1, 0.15) is 0 Å². The molecule has 0 N–H and O–H groups in total. The molecule has 0 spiro atoms. The molecule has 0 aliphatic rings. The second-order valence-corrected chi connectivity index (χ2v) is 6.34. The highest BCUT2D eigenvalue weighted by Gasteiger charge is 2.16. The van der Waals surface area contributed by atoms with Gasteiger partial charge in [-0.2, -0.15) is 0 Å². The fourth-order valence-corrected chi connectivity index (χ4v) is 0.844. The third-order valence-corrected chi connectivity index (χ3v) is 2.80. The van der Waals surface area contributed by atoms with Crippen LogP contribution in [-0.2, 0) is 4.43 Å². The Bertz CT molecular complexity index is 147. The van der Waals surface area contributed by atoms with Crippen molar-refractivity contribution in [2.24, 2.45) is 0 Å². The molecule has 0 amide bonds. The van der Waals surface area contributed by atoms with Gasteiger partial charge >= 0.3 is 0 Å². The summed E-state index contributed by atoms with van der Waals surface area (Å²) in [5.41, 5.74) is 1.89. The molecule has 0 bridgehead atoms. The lowest BCUT2D eigenvalue weighted by Gasteiger charge is -2.15. The molecule has 2 heteroatoms. The summed E-state index contributed by atoms with van der Waals surface area (Å²) in [7, 11) is -1.59. The van der Waals surface area contributed by atoms with Gasteiger partial charge in [-0.3, -0.25) is 0 Å². The first-order chi connectivity index (χ1) is 4.62. The zero-order valence-corrected chi connectivity index (χ0v) is 7.63. The summed E-state index contributed by atoms with van der Waals surface area (Å²) in [6.45, 7) is 11.4. The van der Waals surface area contributed by atoms with Gasteiger partial charge in [-0.25, -0.2) is 0 Å². The van der Waals surface area contributed by atoms with Crippen LogP contribution in [0.4, 0.5) is 0 Å². The molecular weight excluding hydrogens is 140 g/mol. The highest BCUT2D eigenvalue weighted by Crippen LogP contribution is 2.04. The predicted molar refractivity (Wildman–Crippen MR) is 48.1 cm³/mol. The molecule has 0 aromatic heterocycles. The van der Waals surface area contributed by atoms with E-state index < -0.39 is 8.32 Å². The number of allylic oxidation sites excluding steroid dienone is 2. The van der Waals surface area contributed by atoms with Crippen LogP contribution in [0.2, 0.25) is 13.1 Å². The van der Waals surface area contributed by atoms with Crippen LogP contribution in [0, 0.1) is 0 Å². The van der Waals surface area contributed by atoms with Crippen molar-refractivity contribution in [3.63, 3.8) is 0 Å². The second-order valence-electron chi connectivity index (χ2n) is 2.49. The fraction of sp³-hybridized carbons (Fsp3) is 0.250. The zero-order valence-electron chi connectivity index (χ0n) is 6.63. The minimum absolute atomic E-state index is 1.59. The molecule has 0 rings (SSSR count). The third-order valence-electron chi connectivity index (χ3n) is 1.08. The van der Waals surface area contributed by atoms with Gasteiger partial charge in [0.15, 0.2) is 0 Å². The molecule has 0 aliphatic carbocycles. The van der Waals surface area contributed by atoms with Gasteiger partial charge in [-0.05, 0) is 19.2 Å². The van der Waals surface area contributed by atoms with Crippen molar-refractivity contribution in [2.45, 2.75) is 13.1 Å². The molecule has 0 saturated heterocycles. The smallest absolute Gasteiger partial charge is 0.268 e. The van der Waals surface area contributed by atoms with Gasteiger partial charge in [-0.15, -0.1) is 6.58 Å². The number of hydrogen-bond acceptors (Lipinski definition) is 1. The van der Waals surface area contributed by atoms with Gasteiger partial charge in [0.1, 0.15) is 0 Å². The zero-order chi connectivity index (χ0) is 8.04. The Hall–Kier alpha value is -0.763. The molecule has 0 aliphatic heterocycles. The second kappa shape index (κ2) is 4.12. The predicted octanol–water partition coefficient (Wildman–Crippen LogP) is 2.63. The van der Waals surface area contributed by atoms with E-state index in [1.165, 1.54) is 0 Å². The Labute approximate surface area is 63.8 Å². The topological polar surface area (TPSA) is 9.23 Å². The summed E-state index contributed by atoms with van der Waals surface area (Å²) in [5.74, 6) is 0. The molecular formula is C8H14OSi. The summed E-state index contributed by atoms with van der Waals surface area (Å²) >= 11 is 0. The van der Waals surface area contributed by atoms with Crippen molar-refractivity contribution in [2.75, 3.05) is 0 Å². The lowest BCUT2D eigenvalue weighted by atomic mass is 10.6. The largest absolute Gasteiger partial charge is 0.546 e. The first kappa shape index (κ1) is 9.24. The highest BCUT2D eigenvalue weighted by molar-refractivity contribution is 6.76. The maximum Gasteiger partial charge on any atom is 0.268 e. The van der Waals surface area contributed by atoms with Gasteiger partial charge in [-0.1, -0.05) is 18.4 Å². The summed E-state index contributed by atoms with van der Waals surface area (Å²) in [5, 5.41) is 0. The molecule has 0 atom stereocenters. The Balaban J connectivity index is 3.77. The van der Waals surface area contributed by atoms with Crippen LogP contribution < -0.4 is 0 Å². The fourth-order valence-electron chi connectivity index (χ4n) is 0.318. The molecule has 0 unspecified atom stereocenters. The van der Waals surface area contributed by atoms with Crippen LogP contribution in [0.25, 0.3) is 0 Å². The first-order valence-corrected chi connectivity index (χ1v) is 6.20. The average Bonchev–Trinajstić information content (AvgIpc) is 1.89. The number of hydrogen-bond donors (Lipinski definition) is 0. The Kier molecular flexibility index (Phi) is 3.80. The molecule has 56 valence electrons. The van der Waals surface area contributed by atoms with E-state index in [9.17, 15) is 0 Å². The van der Waals surface area contributed by atoms with Crippen molar-refractivity contribution in [3.05, 3.63) is 37.3 Å². The number of rotatable bonds is 4. The summed E-state index contributed by atoms with van der Waals surface area (Å²) in [6.07, 6.45) is 5.13. The molecule has 0 saturated carbocycles. The summed E-state index contributed by atoms with van der Waals surface area (Å²) in [4.78, 5) is 0. The summed E-state index contributed by atoms with van der Waals surface area (Å²) in [6, 6.07) is 0. The lowest BCUT2D eigenvalue weighted by Crippen LogP contribution is -2.24. The SMILES string of the molecule is C=C/C=C/O[Si](C)(C)C=C. The van der Waals surface area contributed by atoms with Crippen LogP contribution in [0.5, 0.6) is 0 Å². The van der Waals surface area contributed by atoms with E-state index in [0.29, 0.717) is 0 Å². The Morgan fingerprint density at radius 2 is 1.90 bits per heavy atom. The van der Waals surface area contributed by atoms with Crippen molar-refractivity contribution in [3.8, 4) is 0 Å². The van der Waals surface area contributed by atoms with E-state index >= 15 is 0 Å². The van der Waals surface area contributed by atoms with Crippen molar-refractivity contribution in [1.29, 1.82) is 0 Å². The summed E-state index contributed by atoms with van der Waals surface area (Å²) < 4.78 is 5.39. The quantitative estimate of drug-likeness (QED) is 0.343. The van der Waals surface area contributed by atoms with Crippen molar-refractivity contribution in [1.82, 2.24) is 0 Å². The van der Waals surface area contributed by atoms with Crippen LogP contribution >= 0.6 is 0 Å². The van der Waals surface area contributed by atoms with E-state index in [0.717, 1.165) is 0 Å². The van der Waals surface area contributed by atoms with Gasteiger partial charge in [0, 0.05) is 0 Å². The minimum atomic E-state index is -1.59. The van der Waals surface area contributed by atoms with Gasteiger partial charge in [0.05, 0.1) is 6.26 Å². The third kappa shape index (κ3) is 4.15.